The van der Waals surface area contributed by atoms with E-state index in [-0.39, 0.29) is 5.02 Å². The van der Waals surface area contributed by atoms with Gasteiger partial charge in [0.15, 0.2) is 0 Å². The van der Waals surface area contributed by atoms with Gasteiger partial charge in [-0.15, -0.1) is 0 Å². The molecule has 10 heteroatoms. The molecule has 0 aliphatic carbocycles. The summed E-state index contributed by atoms with van der Waals surface area (Å²) < 4.78 is 63.8. The molecule has 0 aliphatic heterocycles. The number of carbonyl (C=O) groups excluding carboxylic acids is 1. The smallest absolute Gasteiger partial charge is 0.324 e. The zero-order valence-corrected chi connectivity index (χ0v) is 16.8. The summed E-state index contributed by atoms with van der Waals surface area (Å²) in [6.07, 6.45) is -3.91. The van der Waals surface area contributed by atoms with Gasteiger partial charge in [0.25, 0.3) is 0 Å². The molecule has 0 spiro atoms. The average Bonchev–Trinajstić information content (AvgIpc) is 2.50. The van der Waals surface area contributed by atoms with Crippen molar-refractivity contribution in [3.05, 3.63) is 58.1 Å². The number of alkyl halides is 3. The van der Waals surface area contributed by atoms with E-state index in [1.165, 1.54) is 0 Å². The number of anilines is 2. The van der Waals surface area contributed by atoms with E-state index in [4.69, 9.17) is 11.6 Å². The lowest BCUT2D eigenvalue weighted by Crippen LogP contribution is -2.37. The molecule has 2 rings (SSSR count). The van der Waals surface area contributed by atoms with Crippen LogP contribution in [0.2, 0.25) is 5.02 Å². The molecule has 2 aromatic rings. The van der Waals surface area contributed by atoms with Crippen molar-refractivity contribution in [1.82, 2.24) is 0 Å². The van der Waals surface area contributed by atoms with Crippen molar-refractivity contribution in [2.75, 3.05) is 22.4 Å². The Balaban J connectivity index is 2.36. The van der Waals surface area contributed by atoms with Crippen LogP contribution >= 0.6 is 11.6 Å². The van der Waals surface area contributed by atoms with Gasteiger partial charge in [-0.05, 0) is 55.3 Å². The quantitative estimate of drug-likeness (QED) is 0.759. The molecule has 0 aliphatic rings. The van der Waals surface area contributed by atoms with E-state index in [1.807, 2.05) is 19.9 Å². The Labute approximate surface area is 166 Å². The Morgan fingerprint density at radius 1 is 1.11 bits per heavy atom. The topological polar surface area (TPSA) is 66.5 Å². The van der Waals surface area contributed by atoms with Crippen LogP contribution in [0.25, 0.3) is 0 Å². The standard InChI is InChI=1S/C18H18ClF3N2O3S/c1-11-6-12(2)8-14(7-11)23-17(25)10-24(28(3,26)27)16-9-13(18(20,21)22)4-5-15(16)19/h4-9H,10H2,1-3H3,(H,23,25). The van der Waals surface area contributed by atoms with Crippen LogP contribution < -0.4 is 9.62 Å². The van der Waals surface area contributed by atoms with E-state index in [0.29, 0.717) is 16.1 Å². The summed E-state index contributed by atoms with van der Waals surface area (Å²) in [6, 6.07) is 7.55. The van der Waals surface area contributed by atoms with Crippen LogP contribution in [0.5, 0.6) is 0 Å². The Bertz CT molecular complexity index is 987. The summed E-state index contributed by atoms with van der Waals surface area (Å²) in [5, 5.41) is 2.33. The number of sulfonamides is 1. The van der Waals surface area contributed by atoms with Gasteiger partial charge in [0.2, 0.25) is 15.9 Å². The molecule has 0 saturated heterocycles. The monoisotopic (exact) mass is 434 g/mol. The molecule has 1 amide bonds. The maximum Gasteiger partial charge on any atom is 0.416 e. The molecule has 0 atom stereocenters. The highest BCUT2D eigenvalue weighted by molar-refractivity contribution is 7.92. The number of benzene rings is 2. The number of aryl methyl sites for hydroxylation is 2. The number of amides is 1. The van der Waals surface area contributed by atoms with Crippen molar-refractivity contribution in [2.45, 2.75) is 20.0 Å². The molecular formula is C18H18ClF3N2O3S. The number of carbonyl (C=O) groups is 1. The number of halogens is 4. The third-order valence-electron chi connectivity index (χ3n) is 3.74. The van der Waals surface area contributed by atoms with Gasteiger partial charge in [0.05, 0.1) is 22.5 Å². The van der Waals surface area contributed by atoms with Crippen molar-refractivity contribution in [1.29, 1.82) is 0 Å². The predicted octanol–water partition coefficient (Wildman–Crippen LogP) is 4.38. The molecule has 0 radical (unpaired) electrons. The molecule has 28 heavy (non-hydrogen) atoms. The van der Waals surface area contributed by atoms with Gasteiger partial charge in [-0.2, -0.15) is 13.2 Å². The second-order valence-corrected chi connectivity index (χ2v) is 8.67. The molecular weight excluding hydrogens is 417 g/mol. The fourth-order valence-corrected chi connectivity index (χ4v) is 3.77. The number of nitrogens with zero attached hydrogens (tertiary/aromatic N) is 1. The minimum atomic E-state index is -4.69. The van der Waals surface area contributed by atoms with E-state index in [2.05, 4.69) is 5.32 Å². The van der Waals surface area contributed by atoms with Gasteiger partial charge >= 0.3 is 6.18 Å². The van der Waals surface area contributed by atoms with Crippen LogP contribution in [0.4, 0.5) is 24.5 Å². The van der Waals surface area contributed by atoms with Crippen molar-refractivity contribution >= 4 is 38.9 Å². The van der Waals surface area contributed by atoms with Crippen LogP contribution in [0, 0.1) is 13.8 Å². The van der Waals surface area contributed by atoms with Crippen molar-refractivity contribution < 1.29 is 26.4 Å². The fraction of sp³-hybridized carbons (Fsp3) is 0.278. The minimum Gasteiger partial charge on any atom is -0.324 e. The van der Waals surface area contributed by atoms with Gasteiger partial charge < -0.3 is 5.32 Å². The predicted molar refractivity (Wildman–Crippen MR) is 103 cm³/mol. The van der Waals surface area contributed by atoms with E-state index in [9.17, 15) is 26.4 Å². The molecule has 0 fully saturated rings. The lowest BCUT2D eigenvalue weighted by Gasteiger charge is -2.24. The van der Waals surface area contributed by atoms with Crippen LogP contribution in [0.1, 0.15) is 16.7 Å². The lowest BCUT2D eigenvalue weighted by molar-refractivity contribution is -0.137. The second-order valence-electron chi connectivity index (χ2n) is 6.36. The van der Waals surface area contributed by atoms with Crippen molar-refractivity contribution in [2.24, 2.45) is 0 Å². The summed E-state index contributed by atoms with van der Waals surface area (Å²) in [7, 11) is -4.09. The van der Waals surface area contributed by atoms with Crippen molar-refractivity contribution in [3.63, 3.8) is 0 Å². The average molecular weight is 435 g/mol. The van der Waals surface area contributed by atoms with Gasteiger partial charge in [-0.3, -0.25) is 9.10 Å². The first kappa shape index (κ1) is 22.0. The third kappa shape index (κ3) is 5.62. The molecule has 1 N–H and O–H groups in total. The number of rotatable bonds is 5. The molecule has 0 saturated carbocycles. The molecule has 5 nitrogen and oxygen atoms in total. The van der Waals surface area contributed by atoms with Crippen LogP contribution in [0.15, 0.2) is 36.4 Å². The summed E-state index contributed by atoms with van der Waals surface area (Å²) in [6.45, 7) is 2.93. The van der Waals surface area contributed by atoms with E-state index < -0.39 is 39.9 Å². The molecule has 0 aromatic heterocycles. The zero-order valence-electron chi connectivity index (χ0n) is 15.3. The zero-order chi connectivity index (χ0) is 21.3. The first-order valence-electron chi connectivity index (χ1n) is 8.00. The second kappa shape index (κ2) is 8.00. The molecule has 0 bridgehead atoms. The lowest BCUT2D eigenvalue weighted by atomic mass is 10.1. The molecule has 152 valence electrons. The van der Waals surface area contributed by atoms with Gasteiger partial charge in [0.1, 0.15) is 6.54 Å². The van der Waals surface area contributed by atoms with E-state index >= 15 is 0 Å². The van der Waals surface area contributed by atoms with Gasteiger partial charge in [-0.25, -0.2) is 8.42 Å². The minimum absolute atomic E-state index is 0.224. The first-order chi connectivity index (χ1) is 12.8. The fourth-order valence-electron chi connectivity index (χ4n) is 2.64. The SMILES string of the molecule is Cc1cc(C)cc(NC(=O)CN(c2cc(C(F)(F)F)ccc2Cl)S(C)(=O)=O)c1. The highest BCUT2D eigenvalue weighted by Gasteiger charge is 2.33. The number of hydrogen-bond acceptors (Lipinski definition) is 3. The Morgan fingerprint density at radius 2 is 1.68 bits per heavy atom. The molecule has 0 unspecified atom stereocenters. The number of hydrogen-bond donors (Lipinski definition) is 1. The molecule has 0 heterocycles. The van der Waals surface area contributed by atoms with Crippen LogP contribution in [-0.2, 0) is 21.0 Å². The largest absolute Gasteiger partial charge is 0.416 e. The van der Waals surface area contributed by atoms with Gasteiger partial charge in [-0.1, -0.05) is 17.7 Å². The van der Waals surface area contributed by atoms with Crippen LogP contribution in [0.3, 0.4) is 0 Å². The Hall–Kier alpha value is -2.26. The highest BCUT2D eigenvalue weighted by atomic mass is 35.5. The van der Waals surface area contributed by atoms with Gasteiger partial charge in [0, 0.05) is 5.69 Å². The summed E-state index contributed by atoms with van der Waals surface area (Å²) in [5.74, 6) is -0.719. The first-order valence-corrected chi connectivity index (χ1v) is 10.2. The summed E-state index contributed by atoms with van der Waals surface area (Å²) >= 11 is 5.93. The number of nitrogens with one attached hydrogen (secondary N) is 1. The highest BCUT2D eigenvalue weighted by Crippen LogP contribution is 2.36. The maximum atomic E-state index is 13.0. The summed E-state index contributed by atoms with van der Waals surface area (Å²) in [4.78, 5) is 12.4. The summed E-state index contributed by atoms with van der Waals surface area (Å²) in [5.41, 5.74) is 0.725. The maximum absolute atomic E-state index is 13.0. The Kier molecular flexibility index (Phi) is 6.30. The van der Waals surface area contributed by atoms with E-state index in [0.717, 1.165) is 29.5 Å². The molecule has 2 aromatic carbocycles. The Morgan fingerprint density at radius 3 is 2.18 bits per heavy atom. The third-order valence-corrected chi connectivity index (χ3v) is 5.18. The van der Waals surface area contributed by atoms with Crippen molar-refractivity contribution in [3.8, 4) is 0 Å². The van der Waals surface area contributed by atoms with E-state index in [1.54, 1.807) is 12.1 Å². The van der Waals surface area contributed by atoms with Crippen LogP contribution in [-0.4, -0.2) is 27.1 Å². The normalized spacial score (nSPS) is 12.0.